The summed E-state index contributed by atoms with van der Waals surface area (Å²) in [6, 6.07) is 5.68. The van der Waals surface area contributed by atoms with Crippen molar-refractivity contribution < 1.29 is 4.79 Å². The number of amides is 1. The third-order valence-electron chi connectivity index (χ3n) is 3.26. The molecule has 0 unspecified atom stereocenters. The van der Waals surface area contributed by atoms with E-state index in [9.17, 15) is 4.79 Å². The highest BCUT2D eigenvalue weighted by Crippen LogP contribution is 2.19. The van der Waals surface area contributed by atoms with Gasteiger partial charge in [-0.05, 0) is 32.9 Å². The quantitative estimate of drug-likeness (QED) is 0.787. The second-order valence-corrected chi connectivity index (χ2v) is 7.15. The Balaban J connectivity index is 1.63. The van der Waals surface area contributed by atoms with Crippen LogP contribution >= 0.6 is 11.3 Å². The molecule has 0 aliphatic rings. The number of aromatic nitrogens is 5. The lowest BCUT2D eigenvalue weighted by Crippen LogP contribution is -2.26. The number of nitrogens with one attached hydrogen (secondary N) is 1. The molecule has 24 heavy (non-hydrogen) atoms. The Kier molecular flexibility index (Phi) is 4.39. The van der Waals surface area contributed by atoms with E-state index in [1.165, 1.54) is 11.3 Å². The number of rotatable bonds is 4. The Bertz CT molecular complexity index is 834. The van der Waals surface area contributed by atoms with Gasteiger partial charge in [0.2, 0.25) is 5.82 Å². The zero-order valence-corrected chi connectivity index (χ0v) is 14.5. The van der Waals surface area contributed by atoms with E-state index in [1.54, 1.807) is 17.2 Å². The molecule has 3 aromatic heterocycles. The van der Waals surface area contributed by atoms with E-state index >= 15 is 0 Å². The van der Waals surface area contributed by atoms with Gasteiger partial charge in [-0.1, -0.05) is 6.07 Å². The summed E-state index contributed by atoms with van der Waals surface area (Å²) in [6.07, 6.45) is 3.30. The third-order valence-corrected chi connectivity index (χ3v) is 4.11. The first-order chi connectivity index (χ1) is 11.4. The molecule has 1 N–H and O–H groups in total. The highest BCUT2D eigenvalue weighted by molar-refractivity contribution is 7.09. The molecule has 0 saturated heterocycles. The Labute approximate surface area is 143 Å². The molecule has 0 fully saturated rings. The summed E-state index contributed by atoms with van der Waals surface area (Å²) in [5, 5.41) is 9.74. The highest BCUT2D eigenvalue weighted by atomic mass is 32.1. The van der Waals surface area contributed by atoms with E-state index in [1.807, 2.05) is 44.4 Å². The Morgan fingerprint density at radius 3 is 2.75 bits per heavy atom. The van der Waals surface area contributed by atoms with Crippen LogP contribution < -0.4 is 5.32 Å². The van der Waals surface area contributed by atoms with Crippen molar-refractivity contribution in [2.24, 2.45) is 0 Å². The fraction of sp³-hybridized carbons (Fsp3) is 0.312. The van der Waals surface area contributed by atoms with Crippen molar-refractivity contribution in [3.8, 4) is 11.4 Å². The normalized spacial score (nSPS) is 11.5. The summed E-state index contributed by atoms with van der Waals surface area (Å²) < 4.78 is 1.67. The van der Waals surface area contributed by atoms with Gasteiger partial charge in [-0.3, -0.25) is 9.78 Å². The zero-order valence-electron chi connectivity index (χ0n) is 13.7. The summed E-state index contributed by atoms with van der Waals surface area (Å²) in [4.78, 5) is 25.0. The standard InChI is InChI=1S/C16H18N6OS/c1-16(2,3)22-10-19-14(21-22)15(23)18-8-13-20-12(9-24-13)11-6-4-5-7-17-11/h4-7,9-10H,8H2,1-3H3,(H,18,23). The van der Waals surface area contributed by atoms with Gasteiger partial charge >= 0.3 is 0 Å². The number of hydrogen-bond acceptors (Lipinski definition) is 6. The molecule has 0 saturated carbocycles. The van der Waals surface area contributed by atoms with E-state index < -0.39 is 0 Å². The number of pyridine rings is 1. The summed E-state index contributed by atoms with van der Waals surface area (Å²) in [5.74, 6) is -0.154. The van der Waals surface area contributed by atoms with Crippen LogP contribution in [-0.2, 0) is 12.1 Å². The van der Waals surface area contributed by atoms with Crippen molar-refractivity contribution in [3.05, 3.63) is 46.9 Å². The molecule has 0 aliphatic carbocycles. The first-order valence-electron chi connectivity index (χ1n) is 7.49. The molecule has 3 aromatic rings. The molecular formula is C16H18N6OS. The lowest BCUT2D eigenvalue weighted by atomic mass is 10.1. The van der Waals surface area contributed by atoms with Crippen molar-refractivity contribution in [1.29, 1.82) is 0 Å². The predicted molar refractivity (Wildman–Crippen MR) is 91.5 cm³/mol. The van der Waals surface area contributed by atoms with Crippen LogP contribution in [0, 0.1) is 0 Å². The average Bonchev–Trinajstić information content (AvgIpc) is 3.22. The van der Waals surface area contributed by atoms with E-state index in [4.69, 9.17) is 0 Å². The van der Waals surface area contributed by atoms with Gasteiger partial charge in [-0.15, -0.1) is 16.4 Å². The molecule has 124 valence electrons. The minimum Gasteiger partial charge on any atom is -0.343 e. The van der Waals surface area contributed by atoms with Crippen LogP contribution in [0.3, 0.4) is 0 Å². The lowest BCUT2D eigenvalue weighted by molar-refractivity contribution is 0.0939. The van der Waals surface area contributed by atoms with Crippen LogP contribution in [0.4, 0.5) is 0 Å². The van der Waals surface area contributed by atoms with E-state index in [2.05, 4.69) is 25.4 Å². The van der Waals surface area contributed by atoms with Crippen molar-refractivity contribution in [1.82, 2.24) is 30.0 Å². The van der Waals surface area contributed by atoms with E-state index in [0.717, 1.165) is 16.4 Å². The maximum atomic E-state index is 12.2. The molecule has 1 amide bonds. The van der Waals surface area contributed by atoms with Crippen LogP contribution in [0.1, 0.15) is 36.4 Å². The molecule has 0 aliphatic heterocycles. The molecule has 0 radical (unpaired) electrons. The minimum absolute atomic E-state index is 0.159. The second kappa shape index (κ2) is 6.48. The number of carbonyl (C=O) groups is 1. The fourth-order valence-electron chi connectivity index (χ4n) is 1.95. The molecule has 7 nitrogen and oxygen atoms in total. The van der Waals surface area contributed by atoms with Gasteiger partial charge in [0.1, 0.15) is 11.3 Å². The van der Waals surface area contributed by atoms with Gasteiger partial charge in [0.15, 0.2) is 0 Å². The molecule has 8 heteroatoms. The van der Waals surface area contributed by atoms with Crippen molar-refractivity contribution in [2.45, 2.75) is 32.9 Å². The number of hydrogen-bond donors (Lipinski definition) is 1. The molecule has 3 rings (SSSR count). The molecule has 0 aromatic carbocycles. The van der Waals surface area contributed by atoms with Crippen LogP contribution in [-0.4, -0.2) is 30.6 Å². The third kappa shape index (κ3) is 3.65. The largest absolute Gasteiger partial charge is 0.343 e. The Morgan fingerprint density at radius 1 is 1.25 bits per heavy atom. The Morgan fingerprint density at radius 2 is 2.08 bits per heavy atom. The first kappa shape index (κ1) is 16.3. The fourth-order valence-corrected chi connectivity index (χ4v) is 2.68. The molecular weight excluding hydrogens is 324 g/mol. The van der Waals surface area contributed by atoms with Gasteiger partial charge in [-0.25, -0.2) is 14.6 Å². The zero-order chi connectivity index (χ0) is 17.2. The summed E-state index contributed by atoms with van der Waals surface area (Å²) in [6.45, 7) is 6.33. The maximum absolute atomic E-state index is 12.2. The highest BCUT2D eigenvalue weighted by Gasteiger charge is 2.18. The predicted octanol–water partition coefficient (Wildman–Crippen LogP) is 2.48. The van der Waals surface area contributed by atoms with Crippen molar-refractivity contribution >= 4 is 17.2 Å². The number of thiazole rings is 1. The molecule has 3 heterocycles. The van der Waals surface area contributed by atoms with Crippen LogP contribution in [0.2, 0.25) is 0 Å². The summed E-state index contributed by atoms with van der Waals surface area (Å²) >= 11 is 1.48. The van der Waals surface area contributed by atoms with Crippen molar-refractivity contribution in [3.63, 3.8) is 0 Å². The number of carbonyl (C=O) groups excluding carboxylic acids is 1. The maximum Gasteiger partial charge on any atom is 0.291 e. The monoisotopic (exact) mass is 342 g/mol. The second-order valence-electron chi connectivity index (χ2n) is 6.21. The topological polar surface area (TPSA) is 85.6 Å². The van der Waals surface area contributed by atoms with Gasteiger partial charge in [0, 0.05) is 11.6 Å². The first-order valence-corrected chi connectivity index (χ1v) is 8.37. The molecule has 0 atom stereocenters. The molecule has 0 spiro atoms. The number of nitrogens with zero attached hydrogens (tertiary/aromatic N) is 5. The van der Waals surface area contributed by atoms with Crippen LogP contribution in [0.15, 0.2) is 36.1 Å². The average molecular weight is 342 g/mol. The molecule has 0 bridgehead atoms. The Hall–Kier alpha value is -2.61. The smallest absolute Gasteiger partial charge is 0.291 e. The van der Waals surface area contributed by atoms with Gasteiger partial charge < -0.3 is 5.32 Å². The van der Waals surface area contributed by atoms with Crippen molar-refractivity contribution in [2.75, 3.05) is 0 Å². The minimum atomic E-state index is -0.312. The summed E-state index contributed by atoms with van der Waals surface area (Å²) in [7, 11) is 0. The van der Waals surface area contributed by atoms with Gasteiger partial charge in [-0.2, -0.15) is 0 Å². The van der Waals surface area contributed by atoms with E-state index in [-0.39, 0.29) is 17.3 Å². The van der Waals surface area contributed by atoms with Gasteiger partial charge in [0.05, 0.1) is 23.5 Å². The summed E-state index contributed by atoms with van der Waals surface area (Å²) in [5.41, 5.74) is 1.41. The van der Waals surface area contributed by atoms with Crippen LogP contribution in [0.5, 0.6) is 0 Å². The SMILES string of the molecule is CC(C)(C)n1cnc(C(=O)NCc2nc(-c3ccccn3)cs2)n1. The lowest BCUT2D eigenvalue weighted by Gasteiger charge is -2.17. The van der Waals surface area contributed by atoms with Gasteiger partial charge in [0.25, 0.3) is 5.91 Å². The van der Waals surface area contributed by atoms with Crippen LogP contribution in [0.25, 0.3) is 11.4 Å². The van der Waals surface area contributed by atoms with E-state index in [0.29, 0.717) is 6.54 Å².